The molecule has 96 valence electrons. The van der Waals surface area contributed by atoms with Crippen molar-refractivity contribution in [1.29, 1.82) is 0 Å². The normalized spacial score (nSPS) is 13.4. The summed E-state index contributed by atoms with van der Waals surface area (Å²) in [4.78, 5) is 11.3. The van der Waals surface area contributed by atoms with E-state index in [1.165, 1.54) is 0 Å². The standard InChI is InChI=1S/C10H22N2O3S/c1-4-6-16(14,15)8-10(13)12-7-9(3)11-5-2/h9,11H,4-8H2,1-3H3,(H,12,13)/t9-/m1/s1. The number of likely N-dealkylation sites (N-methyl/N-ethyl adjacent to an activating group) is 1. The highest BCUT2D eigenvalue weighted by Gasteiger charge is 2.15. The molecule has 0 bridgehead atoms. The first-order valence-corrected chi connectivity index (χ1v) is 7.44. The van der Waals surface area contributed by atoms with Gasteiger partial charge in [-0.25, -0.2) is 8.42 Å². The number of amides is 1. The molecule has 0 saturated heterocycles. The van der Waals surface area contributed by atoms with Crippen LogP contribution >= 0.6 is 0 Å². The molecule has 6 heteroatoms. The molecule has 0 aliphatic rings. The Labute approximate surface area is 97.9 Å². The Balaban J connectivity index is 3.91. The van der Waals surface area contributed by atoms with E-state index >= 15 is 0 Å². The van der Waals surface area contributed by atoms with E-state index in [1.807, 2.05) is 13.8 Å². The van der Waals surface area contributed by atoms with Crippen molar-refractivity contribution in [3.63, 3.8) is 0 Å². The summed E-state index contributed by atoms with van der Waals surface area (Å²) in [6.07, 6.45) is 0.545. The molecule has 16 heavy (non-hydrogen) atoms. The van der Waals surface area contributed by atoms with Gasteiger partial charge in [0.05, 0.1) is 5.75 Å². The van der Waals surface area contributed by atoms with E-state index in [1.54, 1.807) is 6.92 Å². The molecule has 0 aliphatic heterocycles. The lowest BCUT2D eigenvalue weighted by Gasteiger charge is -2.13. The van der Waals surface area contributed by atoms with Crippen LogP contribution in [0.15, 0.2) is 0 Å². The van der Waals surface area contributed by atoms with Crippen LogP contribution in [-0.2, 0) is 14.6 Å². The van der Waals surface area contributed by atoms with Crippen molar-refractivity contribution in [3.05, 3.63) is 0 Å². The average molecular weight is 250 g/mol. The zero-order valence-electron chi connectivity index (χ0n) is 10.2. The first-order valence-electron chi connectivity index (χ1n) is 5.61. The number of hydrogen-bond donors (Lipinski definition) is 2. The van der Waals surface area contributed by atoms with Gasteiger partial charge < -0.3 is 10.6 Å². The Morgan fingerprint density at radius 1 is 1.31 bits per heavy atom. The number of carbonyl (C=O) groups is 1. The van der Waals surface area contributed by atoms with Crippen molar-refractivity contribution in [2.75, 3.05) is 24.6 Å². The van der Waals surface area contributed by atoms with E-state index in [2.05, 4.69) is 10.6 Å². The van der Waals surface area contributed by atoms with Crippen LogP contribution < -0.4 is 10.6 Å². The zero-order valence-corrected chi connectivity index (χ0v) is 11.1. The predicted molar refractivity (Wildman–Crippen MR) is 65.1 cm³/mol. The molecule has 0 heterocycles. The lowest BCUT2D eigenvalue weighted by Crippen LogP contribution is -2.41. The minimum atomic E-state index is -3.22. The number of carbonyl (C=O) groups excluding carboxylic acids is 1. The summed E-state index contributed by atoms with van der Waals surface area (Å²) in [5.41, 5.74) is 0. The summed E-state index contributed by atoms with van der Waals surface area (Å²) in [6.45, 7) is 6.97. The molecule has 0 fully saturated rings. The first kappa shape index (κ1) is 15.4. The third-order valence-corrected chi connectivity index (χ3v) is 3.76. The SMILES string of the molecule is CCCS(=O)(=O)CC(=O)NC[C@@H](C)NCC. The molecule has 1 atom stereocenters. The molecule has 0 aromatic rings. The second kappa shape index (κ2) is 7.62. The number of nitrogens with one attached hydrogen (secondary N) is 2. The lowest BCUT2D eigenvalue weighted by molar-refractivity contribution is -0.118. The van der Waals surface area contributed by atoms with Gasteiger partial charge in [0.1, 0.15) is 5.75 Å². The van der Waals surface area contributed by atoms with Gasteiger partial charge in [-0.05, 0) is 19.9 Å². The molecule has 0 aromatic carbocycles. The van der Waals surface area contributed by atoms with E-state index in [9.17, 15) is 13.2 Å². The van der Waals surface area contributed by atoms with Crippen molar-refractivity contribution in [1.82, 2.24) is 10.6 Å². The smallest absolute Gasteiger partial charge is 0.235 e. The molecule has 0 rings (SSSR count). The third kappa shape index (κ3) is 7.64. The summed E-state index contributed by atoms with van der Waals surface area (Å²) in [7, 11) is -3.22. The lowest BCUT2D eigenvalue weighted by atomic mass is 10.3. The minimum Gasteiger partial charge on any atom is -0.354 e. The molecule has 0 aliphatic carbocycles. The fourth-order valence-corrected chi connectivity index (χ4v) is 2.59. The summed E-state index contributed by atoms with van der Waals surface area (Å²) < 4.78 is 22.7. The average Bonchev–Trinajstić information content (AvgIpc) is 2.14. The first-order chi connectivity index (χ1) is 7.41. The van der Waals surface area contributed by atoms with Gasteiger partial charge in [-0.2, -0.15) is 0 Å². The highest BCUT2D eigenvalue weighted by Crippen LogP contribution is 1.93. The Bertz CT molecular complexity index is 301. The van der Waals surface area contributed by atoms with Crippen LogP contribution in [-0.4, -0.2) is 45.0 Å². The van der Waals surface area contributed by atoms with Crippen molar-refractivity contribution in [2.24, 2.45) is 0 Å². The summed E-state index contributed by atoms with van der Waals surface area (Å²) in [5, 5.41) is 5.73. The quantitative estimate of drug-likeness (QED) is 0.632. The van der Waals surface area contributed by atoms with Crippen LogP contribution in [0.25, 0.3) is 0 Å². The van der Waals surface area contributed by atoms with E-state index in [4.69, 9.17) is 0 Å². The second-order valence-electron chi connectivity index (χ2n) is 3.85. The van der Waals surface area contributed by atoms with E-state index < -0.39 is 21.5 Å². The van der Waals surface area contributed by atoms with Gasteiger partial charge in [0.25, 0.3) is 0 Å². The molecule has 1 amide bonds. The fraction of sp³-hybridized carbons (Fsp3) is 0.900. The summed E-state index contributed by atoms with van der Waals surface area (Å²) in [5.74, 6) is -0.749. The molecular formula is C10H22N2O3S. The molecule has 0 spiro atoms. The van der Waals surface area contributed by atoms with Crippen molar-refractivity contribution >= 4 is 15.7 Å². The molecule has 0 saturated carbocycles. The van der Waals surface area contributed by atoms with Crippen LogP contribution in [0.1, 0.15) is 27.2 Å². The molecular weight excluding hydrogens is 228 g/mol. The van der Waals surface area contributed by atoms with Gasteiger partial charge in [0.2, 0.25) is 5.91 Å². The topological polar surface area (TPSA) is 75.3 Å². The van der Waals surface area contributed by atoms with Crippen LogP contribution in [0, 0.1) is 0 Å². The fourth-order valence-electron chi connectivity index (χ4n) is 1.32. The van der Waals surface area contributed by atoms with Crippen LogP contribution in [0.4, 0.5) is 0 Å². The Morgan fingerprint density at radius 2 is 1.94 bits per heavy atom. The maximum absolute atomic E-state index is 11.3. The predicted octanol–water partition coefficient (Wildman–Crippen LogP) is -0.0746. The van der Waals surface area contributed by atoms with E-state index in [0.717, 1.165) is 6.54 Å². The maximum Gasteiger partial charge on any atom is 0.235 e. The Morgan fingerprint density at radius 3 is 2.44 bits per heavy atom. The molecule has 5 nitrogen and oxygen atoms in total. The van der Waals surface area contributed by atoms with Crippen molar-refractivity contribution in [2.45, 2.75) is 33.2 Å². The molecule has 0 radical (unpaired) electrons. The minimum absolute atomic E-state index is 0.0726. The van der Waals surface area contributed by atoms with Crippen LogP contribution in [0.2, 0.25) is 0 Å². The number of sulfone groups is 1. The molecule has 0 unspecified atom stereocenters. The Kier molecular flexibility index (Phi) is 7.33. The number of hydrogen-bond acceptors (Lipinski definition) is 4. The largest absolute Gasteiger partial charge is 0.354 e. The Hall–Kier alpha value is -0.620. The van der Waals surface area contributed by atoms with Crippen molar-refractivity contribution < 1.29 is 13.2 Å². The highest BCUT2D eigenvalue weighted by molar-refractivity contribution is 7.92. The zero-order chi connectivity index (χ0) is 12.6. The van der Waals surface area contributed by atoms with E-state index in [-0.39, 0.29) is 11.8 Å². The third-order valence-electron chi connectivity index (χ3n) is 2.02. The highest BCUT2D eigenvalue weighted by atomic mass is 32.2. The van der Waals surface area contributed by atoms with Gasteiger partial charge >= 0.3 is 0 Å². The van der Waals surface area contributed by atoms with Crippen molar-refractivity contribution in [3.8, 4) is 0 Å². The van der Waals surface area contributed by atoms with Gasteiger partial charge in [-0.15, -0.1) is 0 Å². The van der Waals surface area contributed by atoms with Gasteiger partial charge in [0, 0.05) is 12.6 Å². The monoisotopic (exact) mass is 250 g/mol. The van der Waals surface area contributed by atoms with Gasteiger partial charge in [-0.1, -0.05) is 13.8 Å². The van der Waals surface area contributed by atoms with Crippen LogP contribution in [0.5, 0.6) is 0 Å². The summed E-state index contributed by atoms with van der Waals surface area (Å²) >= 11 is 0. The van der Waals surface area contributed by atoms with Gasteiger partial charge in [0.15, 0.2) is 9.84 Å². The summed E-state index contributed by atoms with van der Waals surface area (Å²) in [6, 6.07) is 0.155. The van der Waals surface area contributed by atoms with Gasteiger partial charge in [-0.3, -0.25) is 4.79 Å². The maximum atomic E-state index is 11.3. The van der Waals surface area contributed by atoms with Crippen LogP contribution in [0.3, 0.4) is 0 Å². The molecule has 2 N–H and O–H groups in total. The second-order valence-corrected chi connectivity index (χ2v) is 6.04. The number of rotatable bonds is 8. The van der Waals surface area contributed by atoms with E-state index in [0.29, 0.717) is 13.0 Å². The molecule has 0 aromatic heterocycles.